The number of hydrogen-bond acceptors (Lipinski definition) is 1. The van der Waals surface area contributed by atoms with Crippen molar-refractivity contribution >= 4 is 15.9 Å². The van der Waals surface area contributed by atoms with Crippen molar-refractivity contribution in [3.8, 4) is 0 Å². The third kappa shape index (κ3) is 3.59. The summed E-state index contributed by atoms with van der Waals surface area (Å²) < 4.78 is 2.17. The number of alkyl halides is 1. The second-order valence-corrected chi connectivity index (χ2v) is 6.89. The van der Waals surface area contributed by atoms with Gasteiger partial charge in [0.15, 0.2) is 0 Å². The van der Waals surface area contributed by atoms with Gasteiger partial charge < -0.3 is 0 Å². The van der Waals surface area contributed by atoms with E-state index in [4.69, 9.17) is 5.10 Å². The predicted molar refractivity (Wildman–Crippen MR) is 80.2 cm³/mol. The second-order valence-electron chi connectivity index (χ2n) is 5.59. The molecule has 1 fully saturated rings. The van der Waals surface area contributed by atoms with Gasteiger partial charge in [0.25, 0.3) is 0 Å². The molecule has 2 nitrogen and oxygen atoms in total. The van der Waals surface area contributed by atoms with E-state index in [1.165, 1.54) is 44.2 Å². The average Bonchev–Trinajstić information content (AvgIpc) is 2.79. The molecule has 0 bridgehead atoms. The lowest BCUT2D eigenvalue weighted by atomic mass is 9.86. The van der Waals surface area contributed by atoms with Crippen molar-refractivity contribution in [2.75, 3.05) is 0 Å². The van der Waals surface area contributed by atoms with Gasteiger partial charge in [0.05, 0.1) is 11.7 Å². The summed E-state index contributed by atoms with van der Waals surface area (Å²) in [6.45, 7) is 4.48. The largest absolute Gasteiger partial charge is 0.269 e. The van der Waals surface area contributed by atoms with Crippen LogP contribution in [-0.2, 0) is 6.42 Å². The highest BCUT2D eigenvalue weighted by molar-refractivity contribution is 9.09. The molecule has 1 aliphatic carbocycles. The molecule has 0 aromatic carbocycles. The Hall–Kier alpha value is -0.310. The molecule has 2 rings (SSSR count). The summed E-state index contributed by atoms with van der Waals surface area (Å²) in [4.78, 5) is 0.734. The van der Waals surface area contributed by atoms with Crippen LogP contribution in [0.4, 0.5) is 0 Å². The first-order valence-electron chi connectivity index (χ1n) is 7.41. The maximum atomic E-state index is 4.77. The molecule has 2 atom stereocenters. The van der Waals surface area contributed by atoms with Crippen LogP contribution < -0.4 is 0 Å². The number of aromatic nitrogens is 2. The Morgan fingerprint density at radius 2 is 2.17 bits per heavy atom. The highest BCUT2D eigenvalue weighted by Gasteiger charge is 2.21. The Kier molecular flexibility index (Phi) is 5.28. The summed E-state index contributed by atoms with van der Waals surface area (Å²) in [5.74, 6) is 0.827. The second kappa shape index (κ2) is 6.74. The van der Waals surface area contributed by atoms with Crippen LogP contribution >= 0.6 is 15.9 Å². The van der Waals surface area contributed by atoms with Crippen molar-refractivity contribution in [2.24, 2.45) is 5.92 Å². The Balaban J connectivity index is 1.93. The Morgan fingerprint density at radius 3 is 2.83 bits per heavy atom. The zero-order valence-electron chi connectivity index (χ0n) is 11.6. The Labute approximate surface area is 119 Å². The van der Waals surface area contributed by atoms with Crippen LogP contribution in [0.1, 0.15) is 64.1 Å². The van der Waals surface area contributed by atoms with Crippen molar-refractivity contribution in [1.82, 2.24) is 9.78 Å². The maximum absolute atomic E-state index is 4.77. The van der Waals surface area contributed by atoms with E-state index in [0.29, 0.717) is 6.04 Å². The molecule has 102 valence electrons. The number of hydrogen-bond donors (Lipinski definition) is 0. The first-order chi connectivity index (χ1) is 8.72. The highest BCUT2D eigenvalue weighted by atomic mass is 79.9. The molecule has 1 aromatic rings. The van der Waals surface area contributed by atoms with Crippen molar-refractivity contribution < 1.29 is 0 Å². The van der Waals surface area contributed by atoms with E-state index in [1.54, 1.807) is 0 Å². The van der Waals surface area contributed by atoms with Gasteiger partial charge in [-0.1, -0.05) is 36.2 Å². The van der Waals surface area contributed by atoms with Gasteiger partial charge in [0, 0.05) is 11.0 Å². The number of halogens is 1. The standard InChI is InChI=1S/C15H25BrN2/c1-3-15(4-2)18-9-8-14(17-18)11-12-6-5-7-13(16)10-12/h8-9,12-13,15H,3-7,10-11H2,1-2H3. The number of nitrogens with zero attached hydrogens (tertiary/aromatic N) is 2. The van der Waals surface area contributed by atoms with Crippen LogP contribution in [0.3, 0.4) is 0 Å². The number of rotatable bonds is 5. The van der Waals surface area contributed by atoms with Crippen LogP contribution in [0.2, 0.25) is 0 Å². The van der Waals surface area contributed by atoms with Crippen LogP contribution in [0.25, 0.3) is 0 Å². The molecular formula is C15H25BrN2. The average molecular weight is 313 g/mol. The molecule has 0 saturated heterocycles. The lowest BCUT2D eigenvalue weighted by molar-refractivity contribution is 0.360. The predicted octanol–water partition coefficient (Wildman–Crippen LogP) is 4.74. The molecule has 1 heterocycles. The van der Waals surface area contributed by atoms with Gasteiger partial charge in [0.2, 0.25) is 0 Å². The molecule has 18 heavy (non-hydrogen) atoms. The van der Waals surface area contributed by atoms with Gasteiger partial charge in [-0.2, -0.15) is 5.10 Å². The van der Waals surface area contributed by atoms with Gasteiger partial charge in [0.1, 0.15) is 0 Å². The zero-order chi connectivity index (χ0) is 13.0. The normalized spacial score (nSPS) is 24.7. The zero-order valence-corrected chi connectivity index (χ0v) is 13.2. The third-order valence-corrected chi connectivity index (χ3v) is 5.03. The van der Waals surface area contributed by atoms with E-state index in [1.807, 2.05) is 0 Å². The summed E-state index contributed by atoms with van der Waals surface area (Å²) in [5, 5.41) is 4.77. The Morgan fingerprint density at radius 1 is 1.39 bits per heavy atom. The minimum Gasteiger partial charge on any atom is -0.269 e. The maximum Gasteiger partial charge on any atom is 0.0627 e. The topological polar surface area (TPSA) is 17.8 Å². The van der Waals surface area contributed by atoms with Crippen LogP contribution in [-0.4, -0.2) is 14.6 Å². The fraction of sp³-hybridized carbons (Fsp3) is 0.800. The molecule has 0 spiro atoms. The molecule has 1 aromatic heterocycles. The minimum absolute atomic E-state index is 0.578. The minimum atomic E-state index is 0.578. The summed E-state index contributed by atoms with van der Waals surface area (Å²) in [6, 6.07) is 2.80. The van der Waals surface area contributed by atoms with Gasteiger partial charge in [-0.15, -0.1) is 0 Å². The van der Waals surface area contributed by atoms with Crippen LogP contribution in [0, 0.1) is 5.92 Å². The SMILES string of the molecule is CCC(CC)n1ccc(CC2CCCC(Br)C2)n1. The van der Waals surface area contributed by atoms with Crippen molar-refractivity contribution in [3.63, 3.8) is 0 Å². The van der Waals surface area contributed by atoms with Crippen LogP contribution in [0.15, 0.2) is 12.3 Å². The van der Waals surface area contributed by atoms with E-state index in [-0.39, 0.29) is 0 Å². The summed E-state index contributed by atoms with van der Waals surface area (Å²) >= 11 is 3.77. The van der Waals surface area contributed by atoms with Crippen molar-refractivity contribution in [1.29, 1.82) is 0 Å². The van der Waals surface area contributed by atoms with Crippen molar-refractivity contribution in [2.45, 2.75) is 69.7 Å². The lowest BCUT2D eigenvalue weighted by Crippen LogP contribution is -2.17. The van der Waals surface area contributed by atoms with E-state index < -0.39 is 0 Å². The van der Waals surface area contributed by atoms with Gasteiger partial charge >= 0.3 is 0 Å². The summed E-state index contributed by atoms with van der Waals surface area (Å²) in [7, 11) is 0. The molecule has 3 heteroatoms. The molecule has 0 N–H and O–H groups in total. The monoisotopic (exact) mass is 312 g/mol. The highest BCUT2D eigenvalue weighted by Crippen LogP contribution is 2.31. The lowest BCUT2D eigenvalue weighted by Gasteiger charge is -2.24. The fourth-order valence-electron chi connectivity index (χ4n) is 3.06. The summed E-state index contributed by atoms with van der Waals surface area (Å²) in [6.07, 6.45) is 11.1. The Bertz CT molecular complexity index is 357. The molecule has 1 aliphatic rings. The van der Waals surface area contributed by atoms with E-state index in [0.717, 1.165) is 17.2 Å². The van der Waals surface area contributed by atoms with E-state index >= 15 is 0 Å². The smallest absolute Gasteiger partial charge is 0.0627 e. The third-order valence-electron chi connectivity index (χ3n) is 4.20. The van der Waals surface area contributed by atoms with Gasteiger partial charge in [-0.25, -0.2) is 0 Å². The molecule has 0 amide bonds. The molecule has 0 radical (unpaired) electrons. The van der Waals surface area contributed by atoms with E-state index in [2.05, 4.69) is 46.7 Å². The van der Waals surface area contributed by atoms with Crippen LogP contribution in [0.5, 0.6) is 0 Å². The summed E-state index contributed by atoms with van der Waals surface area (Å²) in [5.41, 5.74) is 1.29. The molecule has 0 aliphatic heterocycles. The quantitative estimate of drug-likeness (QED) is 0.718. The first kappa shape index (κ1) is 14.1. The van der Waals surface area contributed by atoms with Gasteiger partial charge in [-0.3, -0.25) is 4.68 Å². The molecule has 2 unspecified atom stereocenters. The fourth-order valence-corrected chi connectivity index (χ4v) is 3.91. The van der Waals surface area contributed by atoms with Gasteiger partial charge in [-0.05, 0) is 50.5 Å². The molecular weight excluding hydrogens is 288 g/mol. The molecule has 1 saturated carbocycles. The first-order valence-corrected chi connectivity index (χ1v) is 8.32. The van der Waals surface area contributed by atoms with E-state index in [9.17, 15) is 0 Å². The van der Waals surface area contributed by atoms with Crippen molar-refractivity contribution in [3.05, 3.63) is 18.0 Å².